The highest BCUT2D eigenvalue weighted by Gasteiger charge is 2.38. The summed E-state index contributed by atoms with van der Waals surface area (Å²) in [5.41, 5.74) is 2.22. The third kappa shape index (κ3) is 2.73. The Balaban J connectivity index is 1.63. The van der Waals surface area contributed by atoms with E-state index in [2.05, 4.69) is 36.6 Å². The van der Waals surface area contributed by atoms with E-state index < -0.39 is 0 Å². The van der Waals surface area contributed by atoms with E-state index in [-0.39, 0.29) is 11.8 Å². The van der Waals surface area contributed by atoms with Gasteiger partial charge in [0.05, 0.1) is 5.92 Å². The molecule has 3 nitrogen and oxygen atoms in total. The number of anilines is 1. The van der Waals surface area contributed by atoms with Crippen molar-refractivity contribution in [3.63, 3.8) is 0 Å². The van der Waals surface area contributed by atoms with Gasteiger partial charge >= 0.3 is 0 Å². The van der Waals surface area contributed by atoms with Crippen LogP contribution in [-0.2, 0) is 4.79 Å². The zero-order valence-electron chi connectivity index (χ0n) is 12.4. The third-order valence-electron chi connectivity index (χ3n) is 4.77. The molecule has 2 aliphatic rings. The topological polar surface area (TPSA) is 41.1 Å². The first-order valence-electron chi connectivity index (χ1n) is 7.80. The van der Waals surface area contributed by atoms with Crippen LogP contribution in [0.3, 0.4) is 0 Å². The van der Waals surface area contributed by atoms with Gasteiger partial charge in [-0.3, -0.25) is 4.79 Å². The lowest BCUT2D eigenvalue weighted by atomic mass is 9.91. The minimum Gasteiger partial charge on any atom is -0.326 e. The molecule has 3 unspecified atom stereocenters. The Morgan fingerprint density at radius 1 is 1.15 bits per heavy atom. The van der Waals surface area contributed by atoms with Crippen molar-refractivity contribution < 1.29 is 4.79 Å². The summed E-state index contributed by atoms with van der Waals surface area (Å²) < 4.78 is 0. The molecule has 0 saturated carbocycles. The second-order valence-electron chi connectivity index (χ2n) is 6.50. The maximum atomic E-state index is 12.4. The summed E-state index contributed by atoms with van der Waals surface area (Å²) in [4.78, 5) is 12.4. The molecule has 3 rings (SSSR count). The molecule has 0 radical (unpaired) electrons. The van der Waals surface area contributed by atoms with Crippen molar-refractivity contribution in [1.29, 1.82) is 0 Å². The van der Waals surface area contributed by atoms with Crippen LogP contribution in [0.1, 0.15) is 51.0 Å². The molecule has 2 fully saturated rings. The van der Waals surface area contributed by atoms with E-state index in [1.165, 1.54) is 12.0 Å². The Hall–Kier alpha value is -1.35. The SMILES string of the molecule is CC(C)c1ccc(NC(=O)C2CCC3CCC2N3)cc1. The van der Waals surface area contributed by atoms with Crippen molar-refractivity contribution in [2.75, 3.05) is 5.32 Å². The molecule has 20 heavy (non-hydrogen) atoms. The molecule has 2 N–H and O–H groups in total. The zero-order chi connectivity index (χ0) is 14.1. The molecule has 3 atom stereocenters. The van der Waals surface area contributed by atoms with E-state index in [0.717, 1.165) is 24.9 Å². The lowest BCUT2D eigenvalue weighted by molar-refractivity contribution is -0.121. The van der Waals surface area contributed by atoms with E-state index in [9.17, 15) is 4.79 Å². The van der Waals surface area contributed by atoms with Crippen molar-refractivity contribution >= 4 is 11.6 Å². The van der Waals surface area contributed by atoms with Crippen LogP contribution in [0.2, 0.25) is 0 Å². The van der Waals surface area contributed by atoms with E-state index in [0.29, 0.717) is 18.0 Å². The fourth-order valence-corrected chi connectivity index (χ4v) is 3.48. The molecule has 108 valence electrons. The second-order valence-corrected chi connectivity index (χ2v) is 6.50. The minimum atomic E-state index is 0.138. The summed E-state index contributed by atoms with van der Waals surface area (Å²) in [7, 11) is 0. The number of benzene rings is 1. The fourth-order valence-electron chi connectivity index (χ4n) is 3.48. The van der Waals surface area contributed by atoms with Gasteiger partial charge in [0.2, 0.25) is 5.91 Å². The number of fused-ring (bicyclic) bond motifs is 2. The van der Waals surface area contributed by atoms with E-state index in [1.54, 1.807) is 0 Å². The summed E-state index contributed by atoms with van der Waals surface area (Å²) in [6, 6.07) is 9.29. The van der Waals surface area contributed by atoms with Gasteiger partial charge in [-0.15, -0.1) is 0 Å². The number of nitrogens with one attached hydrogen (secondary N) is 2. The van der Waals surface area contributed by atoms with Gasteiger partial charge in [-0.25, -0.2) is 0 Å². The summed E-state index contributed by atoms with van der Waals surface area (Å²) in [5.74, 6) is 0.844. The Labute approximate surface area is 121 Å². The average Bonchev–Trinajstić information content (AvgIpc) is 2.81. The van der Waals surface area contributed by atoms with Crippen LogP contribution in [0.4, 0.5) is 5.69 Å². The van der Waals surface area contributed by atoms with Crippen molar-refractivity contribution in [2.45, 2.75) is 57.5 Å². The number of hydrogen-bond donors (Lipinski definition) is 2. The van der Waals surface area contributed by atoms with Gasteiger partial charge in [-0.1, -0.05) is 26.0 Å². The van der Waals surface area contributed by atoms with Crippen LogP contribution in [0.5, 0.6) is 0 Å². The molecule has 2 saturated heterocycles. The van der Waals surface area contributed by atoms with Crippen molar-refractivity contribution in [1.82, 2.24) is 5.32 Å². The molecular weight excluding hydrogens is 248 g/mol. The van der Waals surface area contributed by atoms with Crippen molar-refractivity contribution in [3.05, 3.63) is 29.8 Å². The molecule has 0 aliphatic carbocycles. The first-order valence-corrected chi connectivity index (χ1v) is 7.80. The van der Waals surface area contributed by atoms with Gasteiger partial charge < -0.3 is 10.6 Å². The van der Waals surface area contributed by atoms with Crippen LogP contribution < -0.4 is 10.6 Å². The van der Waals surface area contributed by atoms with E-state index in [4.69, 9.17) is 0 Å². The summed E-state index contributed by atoms with van der Waals surface area (Å²) in [6.07, 6.45) is 4.55. The Morgan fingerprint density at radius 3 is 2.55 bits per heavy atom. The Kier molecular flexibility index (Phi) is 3.79. The lowest BCUT2D eigenvalue weighted by Gasteiger charge is -2.29. The number of hydrogen-bond acceptors (Lipinski definition) is 2. The predicted molar refractivity (Wildman–Crippen MR) is 81.8 cm³/mol. The smallest absolute Gasteiger partial charge is 0.229 e. The molecule has 3 heteroatoms. The quantitative estimate of drug-likeness (QED) is 0.886. The molecule has 2 aliphatic heterocycles. The predicted octanol–water partition coefficient (Wildman–Crippen LogP) is 3.28. The summed E-state index contributed by atoms with van der Waals surface area (Å²) >= 11 is 0. The molecule has 0 aromatic heterocycles. The number of carbonyl (C=O) groups is 1. The van der Waals surface area contributed by atoms with Gasteiger partial charge in [0.15, 0.2) is 0 Å². The minimum absolute atomic E-state index is 0.138. The first kappa shape index (κ1) is 13.6. The summed E-state index contributed by atoms with van der Waals surface area (Å²) in [5, 5.41) is 6.65. The van der Waals surface area contributed by atoms with Gasteiger partial charge in [0.25, 0.3) is 0 Å². The third-order valence-corrected chi connectivity index (χ3v) is 4.77. The van der Waals surface area contributed by atoms with Crippen LogP contribution in [0, 0.1) is 5.92 Å². The standard InChI is InChI=1S/C17H24N2O/c1-11(2)12-3-5-14(6-4-12)19-17(20)15-9-7-13-8-10-16(15)18-13/h3-6,11,13,15-16,18H,7-10H2,1-2H3,(H,19,20). The van der Waals surface area contributed by atoms with Gasteiger partial charge in [0.1, 0.15) is 0 Å². The number of rotatable bonds is 3. The highest BCUT2D eigenvalue weighted by molar-refractivity contribution is 5.93. The fraction of sp³-hybridized carbons (Fsp3) is 0.588. The largest absolute Gasteiger partial charge is 0.326 e. The second kappa shape index (κ2) is 5.57. The molecule has 2 heterocycles. The molecule has 1 aromatic carbocycles. The molecule has 0 spiro atoms. The van der Waals surface area contributed by atoms with Gasteiger partial charge in [-0.05, 0) is 49.3 Å². The molecule has 1 aromatic rings. The monoisotopic (exact) mass is 272 g/mol. The molecule has 1 amide bonds. The van der Waals surface area contributed by atoms with Crippen LogP contribution in [-0.4, -0.2) is 18.0 Å². The average molecular weight is 272 g/mol. The highest BCUT2D eigenvalue weighted by Crippen LogP contribution is 2.32. The maximum absolute atomic E-state index is 12.4. The molecule has 2 bridgehead atoms. The van der Waals surface area contributed by atoms with Gasteiger partial charge in [-0.2, -0.15) is 0 Å². The van der Waals surface area contributed by atoms with Crippen LogP contribution >= 0.6 is 0 Å². The van der Waals surface area contributed by atoms with Crippen molar-refractivity contribution in [3.8, 4) is 0 Å². The van der Waals surface area contributed by atoms with Gasteiger partial charge in [0, 0.05) is 17.8 Å². The lowest BCUT2D eigenvalue weighted by Crippen LogP contribution is -2.45. The van der Waals surface area contributed by atoms with E-state index >= 15 is 0 Å². The Morgan fingerprint density at radius 2 is 1.85 bits per heavy atom. The first-order chi connectivity index (χ1) is 9.63. The van der Waals surface area contributed by atoms with Crippen molar-refractivity contribution in [2.24, 2.45) is 5.92 Å². The Bertz CT molecular complexity index is 480. The van der Waals surface area contributed by atoms with E-state index in [1.807, 2.05) is 12.1 Å². The van der Waals surface area contributed by atoms with Crippen LogP contribution in [0.15, 0.2) is 24.3 Å². The maximum Gasteiger partial charge on any atom is 0.229 e. The number of piperidine rings is 1. The zero-order valence-corrected chi connectivity index (χ0v) is 12.4. The summed E-state index contributed by atoms with van der Waals surface area (Å²) in [6.45, 7) is 4.36. The van der Waals surface area contributed by atoms with Crippen LogP contribution in [0.25, 0.3) is 0 Å². The number of amides is 1. The molecular formula is C17H24N2O. The highest BCUT2D eigenvalue weighted by atomic mass is 16.1. The number of carbonyl (C=O) groups excluding carboxylic acids is 1. The normalized spacial score (nSPS) is 28.6.